The lowest BCUT2D eigenvalue weighted by molar-refractivity contribution is -0.199. The van der Waals surface area contributed by atoms with Crippen LogP contribution in [-0.2, 0) is 30.0 Å². The number of hydrogen-bond acceptors (Lipinski definition) is 8. The van der Waals surface area contributed by atoms with Crippen LogP contribution in [0.4, 0.5) is 4.79 Å². The van der Waals surface area contributed by atoms with Crippen LogP contribution in [0.25, 0.3) is 0 Å². The molecule has 1 saturated heterocycles. The lowest BCUT2D eigenvalue weighted by atomic mass is 9.43. The maximum atomic E-state index is 13.7. The first-order valence-electron chi connectivity index (χ1n) is 18.0. The normalized spacial score (nSPS) is 28.0. The number of esters is 1. The second kappa shape index (κ2) is 13.9. The molecular weight excluding hydrogens is 623 g/mol. The molecule has 1 aromatic rings. The Hall–Kier alpha value is -3.05. The third-order valence-corrected chi connectivity index (χ3v) is 11.0. The lowest BCUT2D eigenvalue weighted by Crippen LogP contribution is -2.65. The van der Waals surface area contributed by atoms with Gasteiger partial charge >= 0.3 is 19.2 Å². The second-order valence-electron chi connectivity index (χ2n) is 17.3. The number of carbonyl (C=O) groups is 3. The molecule has 2 bridgehead atoms. The molecule has 49 heavy (non-hydrogen) atoms. The highest BCUT2D eigenvalue weighted by Gasteiger charge is 2.68. The highest BCUT2D eigenvalue weighted by atomic mass is 16.7. The summed E-state index contributed by atoms with van der Waals surface area (Å²) in [5.41, 5.74) is 0.685. The van der Waals surface area contributed by atoms with Gasteiger partial charge in [0, 0.05) is 12.6 Å². The Kier molecular flexibility index (Phi) is 10.6. The summed E-state index contributed by atoms with van der Waals surface area (Å²) in [5.74, 6) is 0.492. The van der Waals surface area contributed by atoms with Crippen molar-refractivity contribution in [3.8, 4) is 5.75 Å². The average Bonchev–Trinajstić information content (AvgIpc) is 3.36. The molecule has 2 N–H and O–H groups in total. The summed E-state index contributed by atoms with van der Waals surface area (Å²) in [5, 5.41) is 6.12. The minimum atomic E-state index is -0.669. The van der Waals surface area contributed by atoms with E-state index in [0.717, 1.165) is 49.7 Å². The van der Waals surface area contributed by atoms with Gasteiger partial charge in [-0.3, -0.25) is 4.79 Å². The van der Waals surface area contributed by atoms with Crippen LogP contribution in [-0.4, -0.2) is 67.6 Å². The Balaban J connectivity index is 1.31. The van der Waals surface area contributed by atoms with E-state index < -0.39 is 41.9 Å². The van der Waals surface area contributed by atoms with Crippen molar-refractivity contribution in [2.45, 2.75) is 136 Å². The predicted octanol–water partition coefficient (Wildman–Crippen LogP) is 6.59. The molecule has 6 rings (SSSR count). The van der Waals surface area contributed by atoms with Gasteiger partial charge in [-0.15, -0.1) is 0 Å². The Morgan fingerprint density at radius 3 is 2.31 bits per heavy atom. The van der Waals surface area contributed by atoms with E-state index >= 15 is 0 Å². The van der Waals surface area contributed by atoms with E-state index in [2.05, 4.69) is 31.4 Å². The molecule has 5 unspecified atom stereocenters. The molecule has 1 aromatic carbocycles. The summed E-state index contributed by atoms with van der Waals surface area (Å²) in [6.07, 6.45) is 6.95. The van der Waals surface area contributed by atoms with Gasteiger partial charge in [0.05, 0.1) is 24.8 Å². The van der Waals surface area contributed by atoms with Crippen LogP contribution in [0.3, 0.4) is 0 Å². The number of nitrogens with one attached hydrogen (secondary N) is 2. The average molecular weight is 681 g/mol. The molecule has 0 spiro atoms. The van der Waals surface area contributed by atoms with Gasteiger partial charge in [-0.2, -0.15) is 0 Å². The van der Waals surface area contributed by atoms with E-state index in [-0.39, 0.29) is 17.4 Å². The Labute approximate surface area is 292 Å². The Bertz CT molecular complexity index is 1440. The first-order valence-corrected chi connectivity index (χ1v) is 18.0. The molecule has 10 nitrogen and oxygen atoms in total. The number of allylic oxidation sites excluding steroid dienone is 1. The molecule has 4 saturated carbocycles. The molecule has 2 amide bonds. The second-order valence-corrected chi connectivity index (χ2v) is 17.3. The van der Waals surface area contributed by atoms with Gasteiger partial charge < -0.3 is 34.2 Å². The first-order chi connectivity index (χ1) is 22.8. The molecule has 11 heteroatoms. The number of rotatable bonds is 9. The van der Waals surface area contributed by atoms with Crippen molar-refractivity contribution in [1.82, 2.24) is 10.6 Å². The van der Waals surface area contributed by atoms with Crippen LogP contribution in [0.15, 0.2) is 29.8 Å². The molecule has 1 heterocycles. The summed E-state index contributed by atoms with van der Waals surface area (Å²) in [6, 6.07) is 5.41. The molecule has 5 aliphatic rings. The van der Waals surface area contributed by atoms with Crippen molar-refractivity contribution in [2.75, 3.05) is 13.7 Å². The van der Waals surface area contributed by atoms with Gasteiger partial charge in [-0.1, -0.05) is 31.6 Å². The fourth-order valence-electron chi connectivity index (χ4n) is 8.35. The highest BCUT2D eigenvalue weighted by Crippen LogP contribution is 2.65. The van der Waals surface area contributed by atoms with E-state index in [1.165, 1.54) is 7.11 Å². The molecule has 270 valence electrons. The third-order valence-electron chi connectivity index (χ3n) is 11.0. The maximum Gasteiger partial charge on any atom is 0.482 e. The number of methoxy groups -OCH3 is 1. The van der Waals surface area contributed by atoms with Crippen molar-refractivity contribution in [2.24, 2.45) is 23.2 Å². The van der Waals surface area contributed by atoms with Gasteiger partial charge in [0.25, 0.3) is 0 Å². The van der Waals surface area contributed by atoms with E-state index in [1.54, 1.807) is 12.1 Å². The summed E-state index contributed by atoms with van der Waals surface area (Å²) in [7, 11) is 0.870. The van der Waals surface area contributed by atoms with Crippen LogP contribution in [0.5, 0.6) is 5.75 Å². The number of ether oxygens (including phenoxy) is 3. The minimum Gasteiger partial charge on any atom is -0.496 e. The lowest BCUT2D eigenvalue weighted by Gasteiger charge is -2.64. The number of amides is 2. The van der Waals surface area contributed by atoms with Crippen LogP contribution < -0.4 is 15.4 Å². The van der Waals surface area contributed by atoms with Crippen molar-refractivity contribution in [1.29, 1.82) is 0 Å². The van der Waals surface area contributed by atoms with Gasteiger partial charge in [0.2, 0.25) is 5.91 Å². The molecule has 0 radical (unpaired) electrons. The van der Waals surface area contributed by atoms with Crippen LogP contribution in [0, 0.1) is 23.2 Å². The van der Waals surface area contributed by atoms with Crippen molar-refractivity contribution >= 4 is 25.1 Å². The number of para-hydroxylation sites is 1. The van der Waals surface area contributed by atoms with E-state index in [9.17, 15) is 14.4 Å². The highest BCUT2D eigenvalue weighted by molar-refractivity contribution is 6.48. The van der Waals surface area contributed by atoms with E-state index in [0.29, 0.717) is 42.0 Å². The van der Waals surface area contributed by atoms with Crippen LogP contribution >= 0.6 is 0 Å². The third kappa shape index (κ3) is 8.47. The quantitative estimate of drug-likeness (QED) is 0.170. The fraction of sp³-hybridized carbons (Fsp3) is 0.711. The van der Waals surface area contributed by atoms with Gasteiger partial charge in [0.15, 0.2) is 0 Å². The topological polar surface area (TPSA) is 121 Å². The van der Waals surface area contributed by atoms with Gasteiger partial charge in [0.1, 0.15) is 22.5 Å². The number of hydrogen-bond donors (Lipinski definition) is 2. The molecule has 1 aliphatic heterocycles. The molecule has 5 fully saturated rings. The molecule has 0 aromatic heterocycles. The zero-order valence-electron chi connectivity index (χ0n) is 31.2. The Morgan fingerprint density at radius 2 is 1.69 bits per heavy atom. The predicted molar refractivity (Wildman–Crippen MR) is 188 cm³/mol. The number of carbonyl (C=O) groups excluding carboxylic acids is 3. The number of benzene rings is 1. The number of alkyl carbamates (subject to hydrolysis) is 1. The largest absolute Gasteiger partial charge is 0.496 e. The summed E-state index contributed by atoms with van der Waals surface area (Å²) in [4.78, 5) is 38.9. The summed E-state index contributed by atoms with van der Waals surface area (Å²) < 4.78 is 30.3. The molecular formula is C38H57BN2O8. The minimum absolute atomic E-state index is 0.0495. The van der Waals surface area contributed by atoms with Crippen molar-refractivity contribution in [3.63, 3.8) is 0 Å². The fourth-order valence-corrected chi connectivity index (χ4v) is 8.35. The van der Waals surface area contributed by atoms with E-state index in [1.807, 2.05) is 53.7 Å². The van der Waals surface area contributed by atoms with Crippen LogP contribution in [0.2, 0.25) is 0 Å². The van der Waals surface area contributed by atoms with Gasteiger partial charge in [-0.05, 0) is 128 Å². The molecule has 4 aliphatic carbocycles. The standard InChI is InChI=1S/C38H57BN2O8/c1-35(2,3)46-33(43)27-13-11-12-25(32(27)45-10)19-30(39-48-29-21-26-20-28(37(26,7)8)38(29,9)49-39)41-31(42)18-23-14-16-24(17-15-23)22-40-34(44)47-36(4,5)6/h11-13,18,24,26,28-30H,14-17,19-22H2,1-10H3,(H,40,44)(H,41,42). The summed E-state index contributed by atoms with van der Waals surface area (Å²) >= 11 is 0. The van der Waals surface area contributed by atoms with E-state index in [4.69, 9.17) is 23.5 Å². The molecule has 5 atom stereocenters. The van der Waals surface area contributed by atoms with Gasteiger partial charge in [-0.25, -0.2) is 9.59 Å². The SMILES string of the molecule is COc1c(CC(NC(=O)C=C2CCC(CNC(=O)OC(C)(C)C)CC2)B2OC3CC4CC(C4(C)C)C3(C)O2)cccc1C(=O)OC(C)(C)C. The van der Waals surface area contributed by atoms with Crippen molar-refractivity contribution in [3.05, 3.63) is 41.0 Å². The zero-order chi connectivity index (χ0) is 35.9. The smallest absolute Gasteiger partial charge is 0.482 e. The maximum absolute atomic E-state index is 13.7. The van der Waals surface area contributed by atoms with Crippen LogP contribution in [0.1, 0.15) is 117 Å². The van der Waals surface area contributed by atoms with Crippen molar-refractivity contribution < 1.29 is 37.9 Å². The Morgan fingerprint density at radius 1 is 1.02 bits per heavy atom. The zero-order valence-corrected chi connectivity index (χ0v) is 31.2. The monoisotopic (exact) mass is 680 g/mol. The first kappa shape index (κ1) is 37.2. The summed E-state index contributed by atoms with van der Waals surface area (Å²) in [6.45, 7) is 18.4.